The van der Waals surface area contributed by atoms with Crippen molar-refractivity contribution in [1.29, 1.82) is 0 Å². The first-order valence-corrected chi connectivity index (χ1v) is 11.5. The average Bonchev–Trinajstić information content (AvgIpc) is 2.69. The smallest absolute Gasteiger partial charge is 0.142 e. The minimum atomic E-state index is -0.263. The van der Waals surface area contributed by atoms with E-state index in [0.717, 1.165) is 23.8 Å². The molecule has 0 N–H and O–H groups in total. The molecule has 2 aliphatic rings. The Hall–Kier alpha value is -0.560. The van der Waals surface area contributed by atoms with Gasteiger partial charge in [0.25, 0.3) is 0 Å². The maximum absolute atomic E-state index is 13.9. The molecule has 146 valence electrons. The quantitative estimate of drug-likeness (QED) is 0.447. The van der Waals surface area contributed by atoms with Crippen LogP contribution in [0.25, 0.3) is 0 Å². The molecule has 2 heteroatoms. The summed E-state index contributed by atoms with van der Waals surface area (Å²) >= 11 is 6.30. The lowest BCUT2D eigenvalue weighted by molar-refractivity contribution is 0.00438. The second kappa shape index (κ2) is 9.58. The van der Waals surface area contributed by atoms with E-state index in [1.807, 2.05) is 12.1 Å². The molecule has 0 saturated heterocycles. The standard InChI is InChI=1S/C24H36ClF/c1-2-17-24(20-11-5-3-6-12-20,21-13-7-4-8-14-21)18-16-19-10-9-15-22(26)23(19)25/h9-10,15,20-21H,2-8,11-14,16-18H2,1H3. The number of aryl methyl sites for hydroxylation is 1. The normalized spacial score (nSPS) is 20.4. The Bertz CT molecular complexity index is 537. The van der Waals surface area contributed by atoms with Crippen LogP contribution in [0, 0.1) is 23.1 Å². The van der Waals surface area contributed by atoms with Crippen LogP contribution >= 0.6 is 11.6 Å². The molecule has 2 fully saturated rings. The molecule has 0 atom stereocenters. The van der Waals surface area contributed by atoms with Crippen molar-refractivity contribution in [1.82, 2.24) is 0 Å². The Morgan fingerprint density at radius 2 is 1.50 bits per heavy atom. The summed E-state index contributed by atoms with van der Waals surface area (Å²) in [6.45, 7) is 2.36. The van der Waals surface area contributed by atoms with Crippen molar-refractivity contribution in [2.75, 3.05) is 0 Å². The van der Waals surface area contributed by atoms with Gasteiger partial charge in [-0.25, -0.2) is 4.39 Å². The fraction of sp³-hybridized carbons (Fsp3) is 0.750. The zero-order chi connectivity index (χ0) is 18.4. The highest BCUT2D eigenvalue weighted by atomic mass is 35.5. The molecule has 0 heterocycles. The molecule has 0 bridgehead atoms. The highest BCUT2D eigenvalue weighted by Crippen LogP contribution is 2.54. The summed E-state index contributed by atoms with van der Waals surface area (Å²) in [4.78, 5) is 0. The van der Waals surface area contributed by atoms with Crippen molar-refractivity contribution in [2.45, 2.75) is 96.8 Å². The Balaban J connectivity index is 1.85. The highest BCUT2D eigenvalue weighted by Gasteiger charge is 2.44. The van der Waals surface area contributed by atoms with Crippen LogP contribution in [0.4, 0.5) is 4.39 Å². The third-order valence-electron chi connectivity index (χ3n) is 7.44. The van der Waals surface area contributed by atoms with Crippen LogP contribution in [0.5, 0.6) is 0 Å². The molecule has 1 aromatic rings. The molecule has 2 saturated carbocycles. The van der Waals surface area contributed by atoms with Crippen molar-refractivity contribution in [3.05, 3.63) is 34.6 Å². The lowest BCUT2D eigenvalue weighted by atomic mass is 9.55. The minimum absolute atomic E-state index is 0.263. The topological polar surface area (TPSA) is 0 Å². The Morgan fingerprint density at radius 3 is 2.04 bits per heavy atom. The van der Waals surface area contributed by atoms with Gasteiger partial charge in [-0.15, -0.1) is 0 Å². The minimum Gasteiger partial charge on any atom is -0.205 e. The van der Waals surface area contributed by atoms with Crippen LogP contribution in [0.3, 0.4) is 0 Å². The molecular formula is C24H36ClF. The molecule has 0 aliphatic heterocycles. The van der Waals surface area contributed by atoms with Gasteiger partial charge >= 0.3 is 0 Å². The van der Waals surface area contributed by atoms with Gasteiger partial charge in [0.1, 0.15) is 5.82 Å². The summed E-state index contributed by atoms with van der Waals surface area (Å²) in [5, 5.41) is 0.352. The second-order valence-corrected chi connectivity index (χ2v) is 9.24. The van der Waals surface area contributed by atoms with Gasteiger partial charge in [0.2, 0.25) is 0 Å². The predicted octanol–water partition coefficient (Wildman–Crippen LogP) is 8.36. The molecule has 3 rings (SSSR count). The summed E-state index contributed by atoms with van der Waals surface area (Å²) in [6, 6.07) is 5.33. The highest BCUT2D eigenvalue weighted by molar-refractivity contribution is 6.31. The maximum Gasteiger partial charge on any atom is 0.142 e. The van der Waals surface area contributed by atoms with Crippen LogP contribution < -0.4 is 0 Å². The van der Waals surface area contributed by atoms with Crippen molar-refractivity contribution in [3.63, 3.8) is 0 Å². The van der Waals surface area contributed by atoms with E-state index in [9.17, 15) is 4.39 Å². The van der Waals surface area contributed by atoms with E-state index in [-0.39, 0.29) is 5.82 Å². The number of rotatable bonds is 7. The number of hydrogen-bond acceptors (Lipinski definition) is 0. The molecule has 2 aliphatic carbocycles. The molecule has 0 radical (unpaired) electrons. The molecule has 0 spiro atoms. The fourth-order valence-corrected chi connectivity index (χ4v) is 6.42. The molecule has 0 unspecified atom stereocenters. The summed E-state index contributed by atoms with van der Waals surface area (Å²) in [7, 11) is 0. The van der Waals surface area contributed by atoms with Crippen molar-refractivity contribution in [3.8, 4) is 0 Å². The second-order valence-electron chi connectivity index (χ2n) is 8.87. The van der Waals surface area contributed by atoms with E-state index < -0.39 is 0 Å². The van der Waals surface area contributed by atoms with E-state index in [2.05, 4.69) is 6.92 Å². The van der Waals surface area contributed by atoms with Gasteiger partial charge in [0, 0.05) is 0 Å². The fourth-order valence-electron chi connectivity index (χ4n) is 6.20. The van der Waals surface area contributed by atoms with E-state index >= 15 is 0 Å². The van der Waals surface area contributed by atoms with Gasteiger partial charge < -0.3 is 0 Å². The van der Waals surface area contributed by atoms with E-state index in [4.69, 9.17) is 11.6 Å². The first-order valence-electron chi connectivity index (χ1n) is 11.1. The number of halogens is 2. The van der Waals surface area contributed by atoms with E-state index in [0.29, 0.717) is 10.4 Å². The lowest BCUT2D eigenvalue weighted by Crippen LogP contribution is -2.41. The molecule has 0 nitrogen and oxygen atoms in total. The number of hydrogen-bond donors (Lipinski definition) is 0. The van der Waals surface area contributed by atoms with E-state index in [1.54, 1.807) is 0 Å². The third-order valence-corrected chi connectivity index (χ3v) is 7.87. The Morgan fingerprint density at radius 1 is 0.923 bits per heavy atom. The lowest BCUT2D eigenvalue weighted by Gasteiger charge is -2.50. The van der Waals surface area contributed by atoms with Crippen molar-refractivity contribution in [2.24, 2.45) is 17.3 Å². The van der Waals surface area contributed by atoms with Gasteiger partial charge in [-0.2, -0.15) is 0 Å². The third kappa shape index (κ3) is 4.46. The summed E-state index contributed by atoms with van der Waals surface area (Å²) in [6.07, 6.45) is 18.8. The Labute approximate surface area is 164 Å². The molecule has 1 aromatic carbocycles. The molecule has 26 heavy (non-hydrogen) atoms. The van der Waals surface area contributed by atoms with Gasteiger partial charge in [-0.05, 0) is 73.8 Å². The predicted molar refractivity (Wildman–Crippen MR) is 110 cm³/mol. The summed E-state index contributed by atoms with van der Waals surface area (Å²) in [5.74, 6) is 1.47. The van der Waals surface area contributed by atoms with Crippen LogP contribution in [-0.4, -0.2) is 0 Å². The van der Waals surface area contributed by atoms with Gasteiger partial charge in [0.15, 0.2) is 0 Å². The first-order chi connectivity index (χ1) is 12.7. The van der Waals surface area contributed by atoms with Crippen molar-refractivity contribution >= 4 is 11.6 Å². The number of benzene rings is 1. The van der Waals surface area contributed by atoms with Crippen LogP contribution in [0.2, 0.25) is 5.02 Å². The Kier molecular flexibility index (Phi) is 7.44. The zero-order valence-corrected chi connectivity index (χ0v) is 17.3. The average molecular weight is 379 g/mol. The first kappa shape index (κ1) is 20.2. The molecular weight excluding hydrogens is 343 g/mol. The SMILES string of the molecule is CCCC(CCc1cccc(F)c1Cl)(C1CCCCC1)C1CCCCC1. The van der Waals surface area contributed by atoms with E-state index in [1.165, 1.54) is 89.5 Å². The molecule has 0 aromatic heterocycles. The monoisotopic (exact) mass is 378 g/mol. The van der Waals surface area contributed by atoms with Crippen LogP contribution in [-0.2, 0) is 6.42 Å². The largest absolute Gasteiger partial charge is 0.205 e. The van der Waals surface area contributed by atoms with Crippen LogP contribution in [0.1, 0.15) is 96.0 Å². The van der Waals surface area contributed by atoms with Gasteiger partial charge in [0.05, 0.1) is 5.02 Å². The van der Waals surface area contributed by atoms with Gasteiger partial charge in [-0.3, -0.25) is 0 Å². The summed E-state index contributed by atoms with van der Waals surface area (Å²) in [5.41, 5.74) is 1.46. The zero-order valence-electron chi connectivity index (χ0n) is 16.5. The molecule has 0 amide bonds. The van der Waals surface area contributed by atoms with Crippen LogP contribution in [0.15, 0.2) is 18.2 Å². The summed E-state index contributed by atoms with van der Waals surface area (Å²) < 4.78 is 13.9. The van der Waals surface area contributed by atoms with Gasteiger partial charge in [-0.1, -0.05) is 75.6 Å². The maximum atomic E-state index is 13.9. The van der Waals surface area contributed by atoms with Crippen molar-refractivity contribution < 1.29 is 4.39 Å².